The molecule has 5 heteroatoms. The summed E-state index contributed by atoms with van der Waals surface area (Å²) in [5.41, 5.74) is 0. The highest BCUT2D eigenvalue weighted by Gasteiger charge is 2.38. The SMILES string of the molecule is O=S1(=O)CCN(C2CCC2CNC2CC2)CC1. The lowest BCUT2D eigenvalue weighted by Crippen LogP contribution is -2.55. The zero-order valence-electron chi connectivity index (χ0n) is 10.3. The zero-order valence-corrected chi connectivity index (χ0v) is 11.1. The van der Waals surface area contributed by atoms with Gasteiger partial charge in [0.15, 0.2) is 9.84 Å². The van der Waals surface area contributed by atoms with E-state index in [4.69, 9.17) is 0 Å². The second kappa shape index (κ2) is 4.52. The quantitative estimate of drug-likeness (QED) is 0.785. The monoisotopic (exact) mass is 258 g/mol. The second-order valence-corrected chi connectivity index (χ2v) is 8.08. The van der Waals surface area contributed by atoms with Gasteiger partial charge < -0.3 is 5.32 Å². The molecule has 0 radical (unpaired) electrons. The van der Waals surface area contributed by atoms with E-state index in [1.807, 2.05) is 0 Å². The fourth-order valence-corrected chi connectivity index (χ4v) is 4.16. The smallest absolute Gasteiger partial charge is 0.152 e. The van der Waals surface area contributed by atoms with E-state index in [1.165, 1.54) is 25.7 Å². The van der Waals surface area contributed by atoms with Crippen LogP contribution in [0.3, 0.4) is 0 Å². The first-order chi connectivity index (χ1) is 8.14. The van der Waals surface area contributed by atoms with Crippen LogP contribution in [0.15, 0.2) is 0 Å². The van der Waals surface area contributed by atoms with Gasteiger partial charge in [-0.3, -0.25) is 4.90 Å². The van der Waals surface area contributed by atoms with E-state index in [2.05, 4.69) is 10.2 Å². The fraction of sp³-hybridized carbons (Fsp3) is 1.00. The molecule has 2 saturated carbocycles. The van der Waals surface area contributed by atoms with E-state index >= 15 is 0 Å². The van der Waals surface area contributed by atoms with Gasteiger partial charge in [-0.2, -0.15) is 0 Å². The summed E-state index contributed by atoms with van der Waals surface area (Å²) in [6.45, 7) is 2.65. The van der Waals surface area contributed by atoms with E-state index in [1.54, 1.807) is 0 Å². The highest BCUT2D eigenvalue weighted by atomic mass is 32.2. The molecule has 1 heterocycles. The summed E-state index contributed by atoms with van der Waals surface area (Å²) in [6, 6.07) is 1.44. The Kier molecular flexibility index (Phi) is 3.17. The summed E-state index contributed by atoms with van der Waals surface area (Å²) >= 11 is 0. The maximum Gasteiger partial charge on any atom is 0.152 e. The van der Waals surface area contributed by atoms with E-state index in [0.717, 1.165) is 31.6 Å². The molecule has 0 spiro atoms. The van der Waals surface area contributed by atoms with Crippen LogP contribution in [0.5, 0.6) is 0 Å². The van der Waals surface area contributed by atoms with Crippen molar-refractivity contribution in [2.45, 2.75) is 37.8 Å². The van der Waals surface area contributed by atoms with Crippen LogP contribution in [-0.2, 0) is 9.84 Å². The van der Waals surface area contributed by atoms with Gasteiger partial charge in [0.05, 0.1) is 11.5 Å². The van der Waals surface area contributed by atoms with Gasteiger partial charge in [-0.25, -0.2) is 8.42 Å². The van der Waals surface area contributed by atoms with Gasteiger partial charge in [0, 0.05) is 25.2 Å². The minimum absolute atomic E-state index is 0.367. The molecule has 1 aliphatic heterocycles. The molecule has 2 atom stereocenters. The lowest BCUT2D eigenvalue weighted by Gasteiger charge is -2.46. The Balaban J connectivity index is 1.47. The van der Waals surface area contributed by atoms with Crippen LogP contribution < -0.4 is 5.32 Å². The number of hydrogen-bond donors (Lipinski definition) is 1. The van der Waals surface area contributed by atoms with E-state index in [0.29, 0.717) is 17.5 Å². The van der Waals surface area contributed by atoms with E-state index in [9.17, 15) is 8.42 Å². The predicted molar refractivity (Wildman–Crippen MR) is 67.8 cm³/mol. The average Bonchev–Trinajstić information content (AvgIpc) is 3.03. The molecule has 2 unspecified atom stereocenters. The lowest BCUT2D eigenvalue weighted by molar-refractivity contribution is 0.0687. The van der Waals surface area contributed by atoms with Crippen LogP contribution in [0.25, 0.3) is 0 Å². The minimum atomic E-state index is -2.72. The molecular weight excluding hydrogens is 236 g/mol. The van der Waals surface area contributed by atoms with Crippen molar-refractivity contribution in [3.63, 3.8) is 0 Å². The first-order valence-corrected chi connectivity index (χ1v) is 8.64. The number of nitrogens with one attached hydrogen (secondary N) is 1. The Morgan fingerprint density at radius 1 is 1.06 bits per heavy atom. The molecule has 0 aromatic heterocycles. The molecular formula is C12H22N2O2S. The highest BCUT2D eigenvalue weighted by molar-refractivity contribution is 7.91. The summed E-state index contributed by atoms with van der Waals surface area (Å²) in [5, 5.41) is 3.60. The summed E-state index contributed by atoms with van der Waals surface area (Å²) in [7, 11) is -2.72. The van der Waals surface area contributed by atoms with Gasteiger partial charge in [0.2, 0.25) is 0 Å². The third-order valence-electron chi connectivity index (χ3n) is 4.47. The van der Waals surface area contributed by atoms with Gasteiger partial charge in [0.1, 0.15) is 0 Å². The molecule has 0 aromatic carbocycles. The molecule has 2 aliphatic carbocycles. The molecule has 4 nitrogen and oxygen atoms in total. The molecule has 98 valence electrons. The predicted octanol–water partition coefficient (Wildman–Crippen LogP) is 0.247. The first-order valence-electron chi connectivity index (χ1n) is 6.82. The summed E-state index contributed by atoms with van der Waals surface area (Å²) in [5.74, 6) is 1.50. The van der Waals surface area contributed by atoms with Crippen molar-refractivity contribution in [2.75, 3.05) is 31.1 Å². The molecule has 3 aliphatic rings. The second-order valence-electron chi connectivity index (χ2n) is 5.78. The molecule has 3 fully saturated rings. The maximum atomic E-state index is 11.4. The standard InChI is InChI=1S/C12H22N2O2S/c15-17(16)7-5-14(6-8-17)12-4-1-10(12)9-13-11-2-3-11/h10-13H,1-9H2. The van der Waals surface area contributed by atoms with Gasteiger partial charge in [0.25, 0.3) is 0 Å². The van der Waals surface area contributed by atoms with Gasteiger partial charge >= 0.3 is 0 Å². The fourth-order valence-electron chi connectivity index (χ4n) is 2.93. The van der Waals surface area contributed by atoms with E-state index < -0.39 is 9.84 Å². The molecule has 1 N–H and O–H groups in total. The van der Waals surface area contributed by atoms with Crippen molar-refractivity contribution in [3.8, 4) is 0 Å². The van der Waals surface area contributed by atoms with Crippen LogP contribution in [0.1, 0.15) is 25.7 Å². The van der Waals surface area contributed by atoms with Crippen molar-refractivity contribution >= 4 is 9.84 Å². The third-order valence-corrected chi connectivity index (χ3v) is 6.08. The van der Waals surface area contributed by atoms with Crippen LogP contribution in [0.4, 0.5) is 0 Å². The van der Waals surface area contributed by atoms with Crippen molar-refractivity contribution in [1.82, 2.24) is 10.2 Å². The lowest BCUT2D eigenvalue weighted by atomic mass is 9.78. The Hall–Kier alpha value is -0.130. The van der Waals surface area contributed by atoms with Crippen molar-refractivity contribution in [2.24, 2.45) is 5.92 Å². The zero-order chi connectivity index (χ0) is 11.9. The van der Waals surface area contributed by atoms with Gasteiger partial charge in [-0.15, -0.1) is 0 Å². The summed E-state index contributed by atoms with van der Waals surface area (Å²) in [4.78, 5) is 2.41. The van der Waals surface area contributed by atoms with Crippen LogP contribution in [0.2, 0.25) is 0 Å². The molecule has 0 aromatic rings. The van der Waals surface area contributed by atoms with Crippen molar-refractivity contribution in [3.05, 3.63) is 0 Å². The molecule has 0 bridgehead atoms. The van der Waals surface area contributed by atoms with Crippen LogP contribution >= 0.6 is 0 Å². The maximum absolute atomic E-state index is 11.4. The topological polar surface area (TPSA) is 49.4 Å². The third kappa shape index (κ3) is 2.83. The molecule has 1 saturated heterocycles. The Morgan fingerprint density at radius 3 is 2.29 bits per heavy atom. The average molecular weight is 258 g/mol. The largest absolute Gasteiger partial charge is 0.314 e. The molecule has 17 heavy (non-hydrogen) atoms. The Bertz CT molecular complexity index is 364. The molecule has 0 amide bonds. The Labute approximate surface area is 104 Å². The summed E-state index contributed by atoms with van der Waals surface area (Å²) in [6.07, 6.45) is 5.27. The molecule has 3 rings (SSSR count). The number of rotatable bonds is 4. The van der Waals surface area contributed by atoms with E-state index in [-0.39, 0.29) is 0 Å². The number of nitrogens with zero attached hydrogens (tertiary/aromatic N) is 1. The highest BCUT2D eigenvalue weighted by Crippen LogP contribution is 2.33. The minimum Gasteiger partial charge on any atom is -0.314 e. The van der Waals surface area contributed by atoms with Gasteiger partial charge in [-0.1, -0.05) is 0 Å². The van der Waals surface area contributed by atoms with Crippen molar-refractivity contribution in [1.29, 1.82) is 0 Å². The van der Waals surface area contributed by atoms with Crippen molar-refractivity contribution < 1.29 is 8.42 Å². The van der Waals surface area contributed by atoms with Crippen LogP contribution in [0, 0.1) is 5.92 Å². The van der Waals surface area contributed by atoms with Gasteiger partial charge in [-0.05, 0) is 38.1 Å². The first kappa shape index (κ1) is 11.9. The summed E-state index contributed by atoms with van der Waals surface area (Å²) < 4.78 is 22.8. The normalized spacial score (nSPS) is 37.6. The van der Waals surface area contributed by atoms with Crippen LogP contribution in [-0.4, -0.2) is 56.5 Å². The number of hydrogen-bond acceptors (Lipinski definition) is 4. The Morgan fingerprint density at radius 2 is 1.76 bits per heavy atom. The number of sulfone groups is 1.